The quantitative estimate of drug-likeness (QED) is 0.694. The maximum absolute atomic E-state index is 14.2. The molecule has 1 fully saturated rings. The lowest BCUT2D eigenvalue weighted by Gasteiger charge is -2.42. The van der Waals surface area contributed by atoms with Gasteiger partial charge in [-0.1, -0.05) is 6.07 Å². The van der Waals surface area contributed by atoms with Crippen molar-refractivity contribution in [3.63, 3.8) is 0 Å². The summed E-state index contributed by atoms with van der Waals surface area (Å²) in [5.41, 5.74) is 0.355. The van der Waals surface area contributed by atoms with E-state index in [2.05, 4.69) is 0 Å². The number of nitriles is 1. The molecule has 4 rings (SSSR count). The molecule has 10 heteroatoms. The Bertz CT molecular complexity index is 1060. The van der Waals surface area contributed by atoms with Crippen molar-refractivity contribution < 1.29 is 31.5 Å². The van der Waals surface area contributed by atoms with E-state index in [0.29, 0.717) is 18.5 Å². The number of halogens is 5. The largest absolute Gasteiger partial charge is 0.471 e. The van der Waals surface area contributed by atoms with Crippen molar-refractivity contribution in [1.29, 1.82) is 5.26 Å². The lowest BCUT2D eigenvalue weighted by atomic mass is 9.89. The summed E-state index contributed by atoms with van der Waals surface area (Å²) in [4.78, 5) is 13.3. The number of fused-ring (bicyclic) bond motifs is 5. The fourth-order valence-electron chi connectivity index (χ4n) is 3.95. The van der Waals surface area contributed by atoms with E-state index in [4.69, 9.17) is 4.74 Å². The summed E-state index contributed by atoms with van der Waals surface area (Å²) in [6.45, 7) is 0.354. The molecule has 0 radical (unpaired) electrons. The number of nitrogens with zero attached hydrogens (tertiary/aromatic N) is 2. The number of alkyl halides is 3. The predicted molar refractivity (Wildman–Crippen MR) is 94.9 cm³/mol. The number of amides is 1. The summed E-state index contributed by atoms with van der Waals surface area (Å²) < 4.78 is 72.3. The molecule has 0 bridgehead atoms. The van der Waals surface area contributed by atoms with Crippen LogP contribution < -0.4 is 15.0 Å². The minimum Gasteiger partial charge on any atom is -0.455 e. The second-order valence-corrected chi connectivity index (χ2v) is 7.05. The van der Waals surface area contributed by atoms with E-state index in [1.165, 1.54) is 12.1 Å². The van der Waals surface area contributed by atoms with Crippen LogP contribution in [0.3, 0.4) is 0 Å². The van der Waals surface area contributed by atoms with Crippen molar-refractivity contribution in [1.82, 2.24) is 5.32 Å². The highest BCUT2D eigenvalue weighted by molar-refractivity contribution is 5.82. The van der Waals surface area contributed by atoms with E-state index in [9.17, 15) is 32.0 Å². The van der Waals surface area contributed by atoms with Crippen LogP contribution in [0.1, 0.15) is 30.0 Å². The van der Waals surface area contributed by atoms with Crippen LogP contribution in [-0.2, 0) is 4.79 Å². The Morgan fingerprint density at radius 3 is 2.67 bits per heavy atom. The normalized spacial score (nSPS) is 20.1. The summed E-state index contributed by atoms with van der Waals surface area (Å²) in [5, 5.41) is 11.2. The third-order valence-corrected chi connectivity index (χ3v) is 5.20. The number of carbonyl (C=O) groups excluding carboxylic acids is 1. The van der Waals surface area contributed by atoms with Gasteiger partial charge in [-0.25, -0.2) is 8.78 Å². The maximum atomic E-state index is 14.2. The number of ether oxygens (including phenoxy) is 1. The summed E-state index contributed by atoms with van der Waals surface area (Å²) in [6, 6.07) is 5.70. The zero-order valence-electron chi connectivity index (χ0n) is 15.3. The van der Waals surface area contributed by atoms with Gasteiger partial charge in [-0.05, 0) is 25.0 Å². The van der Waals surface area contributed by atoms with Gasteiger partial charge in [0.25, 0.3) is 0 Å². The number of anilines is 1. The Balaban J connectivity index is 1.87. The van der Waals surface area contributed by atoms with Crippen LogP contribution >= 0.6 is 0 Å². The highest BCUT2D eigenvalue weighted by Gasteiger charge is 2.44. The minimum atomic E-state index is -5.07. The summed E-state index contributed by atoms with van der Waals surface area (Å²) in [7, 11) is 0. The number of hydrogen-bond acceptors (Lipinski definition) is 4. The van der Waals surface area contributed by atoms with E-state index >= 15 is 0 Å². The summed E-state index contributed by atoms with van der Waals surface area (Å²) >= 11 is 0. The Hall–Kier alpha value is -3.35. The first-order chi connectivity index (χ1) is 14.2. The second-order valence-electron chi connectivity index (χ2n) is 7.05. The Morgan fingerprint density at radius 1 is 1.20 bits per heavy atom. The molecule has 2 aliphatic heterocycles. The zero-order chi connectivity index (χ0) is 21.6. The van der Waals surface area contributed by atoms with Gasteiger partial charge >= 0.3 is 12.1 Å². The third kappa shape index (κ3) is 3.40. The first-order valence-corrected chi connectivity index (χ1v) is 9.04. The lowest BCUT2D eigenvalue weighted by molar-refractivity contribution is -0.174. The van der Waals surface area contributed by atoms with Crippen LogP contribution in [0, 0.1) is 23.0 Å². The molecular formula is C20H14F5N3O2. The highest BCUT2D eigenvalue weighted by Crippen LogP contribution is 2.48. The molecule has 2 aromatic rings. The van der Waals surface area contributed by atoms with Crippen molar-refractivity contribution in [3.05, 3.63) is 53.1 Å². The van der Waals surface area contributed by atoms with Crippen LogP contribution in [0.4, 0.5) is 27.6 Å². The molecule has 30 heavy (non-hydrogen) atoms. The average Bonchev–Trinajstić information content (AvgIpc) is 2.80. The molecule has 5 nitrogen and oxygen atoms in total. The smallest absolute Gasteiger partial charge is 0.455 e. The van der Waals surface area contributed by atoms with Crippen molar-refractivity contribution in [2.45, 2.75) is 31.1 Å². The number of piperidine rings is 1. The van der Waals surface area contributed by atoms with E-state index in [1.54, 1.807) is 11.0 Å². The molecule has 1 saturated heterocycles. The molecule has 0 spiro atoms. The first kappa shape index (κ1) is 19.9. The molecule has 2 aromatic carbocycles. The SMILES string of the molecule is N#Cc1cc2c(cc1F)Oc1cc(F)ccc1[C@@H]1[C@H](NC(=O)C(F)(F)F)CCCN21. The monoisotopic (exact) mass is 423 g/mol. The van der Waals surface area contributed by atoms with Gasteiger partial charge < -0.3 is 15.0 Å². The van der Waals surface area contributed by atoms with Crippen LogP contribution in [0.2, 0.25) is 0 Å². The Labute approximate surface area is 167 Å². The van der Waals surface area contributed by atoms with Gasteiger partial charge in [-0.2, -0.15) is 18.4 Å². The van der Waals surface area contributed by atoms with Gasteiger partial charge in [0.05, 0.1) is 23.3 Å². The van der Waals surface area contributed by atoms with Gasteiger partial charge in [0.15, 0.2) is 5.75 Å². The van der Waals surface area contributed by atoms with Crippen molar-refractivity contribution in [2.24, 2.45) is 0 Å². The molecule has 0 aliphatic carbocycles. The van der Waals surface area contributed by atoms with Crippen molar-refractivity contribution >= 4 is 11.6 Å². The summed E-state index contributed by atoms with van der Waals surface area (Å²) in [5.74, 6) is -3.57. The standard InChI is InChI=1S/C20H14F5N3O2/c21-11-3-4-12-16(7-11)30-17-8-13(22)10(9-26)6-15(17)28-5-1-2-14(18(12)28)27-19(29)20(23,24)25/h3-4,6-8,14,18H,1-2,5H2,(H,27,29)/t14-,18-/m1/s1. The van der Waals surface area contributed by atoms with Crippen LogP contribution in [0.5, 0.6) is 11.5 Å². The van der Waals surface area contributed by atoms with Gasteiger partial charge in [0, 0.05) is 24.2 Å². The number of carbonyl (C=O) groups is 1. The number of rotatable bonds is 1. The zero-order valence-corrected chi connectivity index (χ0v) is 15.3. The Kier molecular flexibility index (Phi) is 4.76. The number of benzene rings is 2. The number of nitrogens with one attached hydrogen (secondary N) is 1. The molecular weight excluding hydrogens is 409 g/mol. The minimum absolute atomic E-state index is 0.000940. The molecule has 1 N–H and O–H groups in total. The van der Waals surface area contributed by atoms with Crippen molar-refractivity contribution in [3.8, 4) is 17.6 Å². The Morgan fingerprint density at radius 2 is 1.97 bits per heavy atom. The van der Waals surface area contributed by atoms with Gasteiger partial charge in [0.2, 0.25) is 0 Å². The first-order valence-electron chi connectivity index (χ1n) is 9.04. The van der Waals surface area contributed by atoms with E-state index in [1.807, 2.05) is 5.32 Å². The van der Waals surface area contributed by atoms with E-state index < -0.39 is 35.8 Å². The number of hydrogen-bond donors (Lipinski definition) is 1. The molecule has 156 valence electrons. The van der Waals surface area contributed by atoms with Crippen LogP contribution in [0.25, 0.3) is 0 Å². The van der Waals surface area contributed by atoms with Gasteiger partial charge in [-0.15, -0.1) is 0 Å². The highest BCUT2D eigenvalue weighted by atomic mass is 19.4. The molecule has 0 saturated carbocycles. The second kappa shape index (κ2) is 7.16. The van der Waals surface area contributed by atoms with Gasteiger partial charge in [0.1, 0.15) is 23.5 Å². The average molecular weight is 423 g/mol. The topological polar surface area (TPSA) is 65.4 Å². The predicted octanol–water partition coefficient (Wildman–Crippen LogP) is 4.33. The van der Waals surface area contributed by atoms with Crippen molar-refractivity contribution in [2.75, 3.05) is 11.4 Å². The third-order valence-electron chi connectivity index (χ3n) is 5.20. The molecule has 0 unspecified atom stereocenters. The lowest BCUT2D eigenvalue weighted by Crippen LogP contribution is -2.52. The fraction of sp³-hybridized carbons (Fsp3) is 0.300. The summed E-state index contributed by atoms with van der Waals surface area (Å²) in [6.07, 6.45) is -4.40. The fourth-order valence-corrected chi connectivity index (χ4v) is 3.95. The van der Waals surface area contributed by atoms with E-state index in [-0.39, 0.29) is 29.2 Å². The van der Waals surface area contributed by atoms with Crippen LogP contribution in [-0.4, -0.2) is 24.7 Å². The van der Waals surface area contributed by atoms with E-state index in [0.717, 1.165) is 18.2 Å². The molecule has 0 aromatic heterocycles. The molecule has 2 atom stereocenters. The van der Waals surface area contributed by atoms with Gasteiger partial charge in [-0.3, -0.25) is 4.79 Å². The maximum Gasteiger partial charge on any atom is 0.471 e. The van der Waals surface area contributed by atoms with Crippen LogP contribution in [0.15, 0.2) is 30.3 Å². The molecule has 2 heterocycles. The molecule has 2 aliphatic rings. The molecule has 1 amide bonds.